The summed E-state index contributed by atoms with van der Waals surface area (Å²) < 4.78 is 5.78. The van der Waals surface area contributed by atoms with E-state index in [2.05, 4.69) is 0 Å². The smallest absolute Gasteiger partial charge is 0.337 e. The Labute approximate surface area is 208 Å². The molecule has 178 valence electrons. The van der Waals surface area contributed by atoms with Crippen molar-refractivity contribution in [2.24, 2.45) is 0 Å². The molecule has 0 spiro atoms. The van der Waals surface area contributed by atoms with Gasteiger partial charge in [0.1, 0.15) is 5.75 Å². The van der Waals surface area contributed by atoms with Gasteiger partial charge in [0, 0.05) is 23.7 Å². The number of ketones is 1. The summed E-state index contributed by atoms with van der Waals surface area (Å²) in [5, 5.41) is 9.48. The van der Waals surface area contributed by atoms with Gasteiger partial charge in [0.05, 0.1) is 10.6 Å². The molecule has 1 N–H and O–H groups in total. The highest BCUT2D eigenvalue weighted by molar-refractivity contribution is 6.33. The molecule has 0 aromatic heterocycles. The lowest BCUT2D eigenvalue weighted by Gasteiger charge is -2.23. The fraction of sp³-hybridized carbons (Fsp3) is 0.250. The van der Waals surface area contributed by atoms with Crippen LogP contribution in [-0.2, 0) is 6.54 Å². The Morgan fingerprint density at radius 3 is 2.54 bits per heavy atom. The highest BCUT2D eigenvalue weighted by atomic mass is 35.5. The number of rotatable bonds is 7. The first kappa shape index (κ1) is 23.1. The summed E-state index contributed by atoms with van der Waals surface area (Å²) in [7, 11) is 0. The average Bonchev–Trinajstić information content (AvgIpc) is 3.50. The zero-order valence-corrected chi connectivity index (χ0v) is 19.8. The summed E-state index contributed by atoms with van der Waals surface area (Å²) in [6, 6.07) is 17.4. The summed E-state index contributed by atoms with van der Waals surface area (Å²) >= 11 is 5.97. The lowest BCUT2D eigenvalue weighted by atomic mass is 10.00. The Hall–Kier alpha value is -3.64. The van der Waals surface area contributed by atoms with Crippen molar-refractivity contribution < 1.29 is 24.2 Å². The molecule has 1 fully saturated rings. The first-order valence-corrected chi connectivity index (χ1v) is 12.0. The Kier molecular flexibility index (Phi) is 6.31. The molecule has 2 aliphatic rings. The number of aromatic carboxylic acids is 1. The second-order valence-corrected chi connectivity index (χ2v) is 9.39. The number of ether oxygens (including phenoxy) is 1. The third kappa shape index (κ3) is 4.66. The number of fused-ring (bicyclic) bond motifs is 1. The largest absolute Gasteiger partial charge is 0.485 e. The van der Waals surface area contributed by atoms with Gasteiger partial charge in [0.25, 0.3) is 5.91 Å². The summed E-state index contributed by atoms with van der Waals surface area (Å²) in [6.45, 7) is 0.439. The molecule has 6 nitrogen and oxygen atoms in total. The third-order valence-electron chi connectivity index (χ3n) is 6.76. The lowest BCUT2D eigenvalue weighted by Crippen LogP contribution is -2.33. The molecule has 1 aliphatic heterocycles. The van der Waals surface area contributed by atoms with Gasteiger partial charge in [-0.15, -0.1) is 0 Å². The van der Waals surface area contributed by atoms with Crippen molar-refractivity contribution in [3.8, 4) is 16.9 Å². The van der Waals surface area contributed by atoms with Crippen LogP contribution < -0.4 is 4.74 Å². The van der Waals surface area contributed by atoms with Gasteiger partial charge in [0.2, 0.25) is 0 Å². The molecular weight excluding hydrogens is 466 g/mol. The zero-order valence-electron chi connectivity index (χ0n) is 19.0. The quantitative estimate of drug-likeness (QED) is 0.420. The molecule has 7 heteroatoms. The van der Waals surface area contributed by atoms with Crippen LogP contribution in [0.2, 0.25) is 5.02 Å². The molecule has 0 atom stereocenters. The van der Waals surface area contributed by atoms with E-state index < -0.39 is 5.97 Å². The van der Waals surface area contributed by atoms with E-state index in [1.165, 1.54) is 25.0 Å². The number of benzene rings is 3. The maximum Gasteiger partial charge on any atom is 0.337 e. The van der Waals surface area contributed by atoms with Gasteiger partial charge < -0.3 is 14.7 Å². The normalized spacial score (nSPS) is 15.3. The molecule has 5 rings (SSSR count). The summed E-state index contributed by atoms with van der Waals surface area (Å²) in [5.74, 6) is -0.680. The van der Waals surface area contributed by atoms with Gasteiger partial charge in [-0.25, -0.2) is 4.79 Å². The predicted molar refractivity (Wildman–Crippen MR) is 132 cm³/mol. The molecule has 1 heterocycles. The number of halogens is 1. The Bertz CT molecular complexity index is 1330. The standard InChI is InChI=1S/C28H24ClNO5/c29-25-11-8-18(14-24(25)28(33)34)17-4-3-5-19(12-17)26(31)16-35-22-9-10-23-20(13-22)15-30(27(23)32)21-6-1-2-7-21/h3-5,8-14,21H,1-2,6-7,15-16H2,(H,33,34). The highest BCUT2D eigenvalue weighted by Gasteiger charge is 2.34. The van der Waals surface area contributed by atoms with Crippen molar-refractivity contribution in [2.75, 3.05) is 6.61 Å². The average molecular weight is 490 g/mol. The van der Waals surface area contributed by atoms with Crippen molar-refractivity contribution in [2.45, 2.75) is 38.3 Å². The summed E-state index contributed by atoms with van der Waals surface area (Å²) in [4.78, 5) is 39.0. The lowest BCUT2D eigenvalue weighted by molar-refractivity contribution is 0.0691. The fourth-order valence-corrected chi connectivity index (χ4v) is 5.09. The van der Waals surface area contributed by atoms with E-state index in [0.29, 0.717) is 40.6 Å². The van der Waals surface area contributed by atoms with Gasteiger partial charge in [0.15, 0.2) is 12.4 Å². The minimum atomic E-state index is -1.11. The maximum atomic E-state index is 12.8. The maximum absolute atomic E-state index is 12.8. The number of carboxylic acids is 1. The third-order valence-corrected chi connectivity index (χ3v) is 7.09. The second kappa shape index (κ2) is 9.55. The van der Waals surface area contributed by atoms with Crippen LogP contribution in [0, 0.1) is 0 Å². The van der Waals surface area contributed by atoms with Crippen LogP contribution >= 0.6 is 11.6 Å². The van der Waals surface area contributed by atoms with Crippen molar-refractivity contribution >= 4 is 29.3 Å². The minimum Gasteiger partial charge on any atom is -0.485 e. The minimum absolute atomic E-state index is 0.00539. The molecule has 1 amide bonds. The van der Waals surface area contributed by atoms with Crippen molar-refractivity contribution in [3.63, 3.8) is 0 Å². The number of nitrogens with zero attached hydrogens (tertiary/aromatic N) is 1. The second-order valence-electron chi connectivity index (χ2n) is 8.98. The number of hydrogen-bond donors (Lipinski definition) is 1. The summed E-state index contributed by atoms with van der Waals surface area (Å²) in [5.41, 5.74) is 3.47. The number of carbonyl (C=O) groups is 3. The van der Waals surface area contributed by atoms with E-state index in [4.69, 9.17) is 16.3 Å². The first-order chi connectivity index (χ1) is 16.9. The van der Waals surface area contributed by atoms with Crippen molar-refractivity contribution in [1.82, 2.24) is 4.90 Å². The Balaban J connectivity index is 1.27. The molecule has 35 heavy (non-hydrogen) atoms. The van der Waals surface area contributed by atoms with Crippen molar-refractivity contribution in [3.05, 3.63) is 87.9 Å². The van der Waals surface area contributed by atoms with E-state index in [0.717, 1.165) is 18.4 Å². The van der Waals surface area contributed by atoms with Gasteiger partial charge in [-0.2, -0.15) is 0 Å². The van der Waals surface area contributed by atoms with Gasteiger partial charge in [-0.1, -0.05) is 48.7 Å². The molecular formula is C28H24ClNO5. The first-order valence-electron chi connectivity index (χ1n) is 11.6. The van der Waals surface area contributed by atoms with E-state index in [1.54, 1.807) is 42.5 Å². The van der Waals surface area contributed by atoms with Crippen LogP contribution in [-0.4, -0.2) is 40.3 Å². The molecule has 3 aromatic rings. The van der Waals surface area contributed by atoms with Crippen LogP contribution in [0.1, 0.15) is 62.3 Å². The SMILES string of the molecule is O=C(COc1ccc2c(c1)CN(C1CCCC1)C2=O)c1cccc(-c2ccc(Cl)c(C(=O)O)c2)c1. The molecule has 0 unspecified atom stereocenters. The number of Topliss-reactive ketones (excluding diaryl/α,β-unsaturated/α-hetero) is 1. The van der Waals surface area contributed by atoms with Gasteiger partial charge in [-0.3, -0.25) is 9.59 Å². The van der Waals surface area contributed by atoms with Crippen LogP contribution in [0.5, 0.6) is 5.75 Å². The molecule has 0 bridgehead atoms. The van der Waals surface area contributed by atoms with Crippen LogP contribution in [0.25, 0.3) is 11.1 Å². The van der Waals surface area contributed by atoms with Gasteiger partial charge >= 0.3 is 5.97 Å². The van der Waals surface area contributed by atoms with E-state index in [1.807, 2.05) is 11.0 Å². The number of hydrogen-bond acceptors (Lipinski definition) is 4. The van der Waals surface area contributed by atoms with E-state index in [-0.39, 0.29) is 28.9 Å². The Morgan fingerprint density at radius 2 is 1.77 bits per heavy atom. The number of carboxylic acid groups (broad SMARTS) is 1. The van der Waals surface area contributed by atoms with E-state index >= 15 is 0 Å². The van der Waals surface area contributed by atoms with Crippen LogP contribution in [0.3, 0.4) is 0 Å². The molecule has 3 aromatic carbocycles. The van der Waals surface area contributed by atoms with Crippen LogP contribution in [0.15, 0.2) is 60.7 Å². The van der Waals surface area contributed by atoms with Crippen LogP contribution in [0.4, 0.5) is 0 Å². The zero-order chi connectivity index (χ0) is 24.5. The molecule has 1 aliphatic carbocycles. The van der Waals surface area contributed by atoms with Crippen molar-refractivity contribution in [1.29, 1.82) is 0 Å². The topological polar surface area (TPSA) is 83.9 Å². The highest BCUT2D eigenvalue weighted by Crippen LogP contribution is 2.33. The van der Waals surface area contributed by atoms with Gasteiger partial charge in [-0.05, 0) is 65.9 Å². The number of amides is 1. The molecule has 0 radical (unpaired) electrons. The van der Waals surface area contributed by atoms with E-state index in [9.17, 15) is 19.5 Å². The summed E-state index contributed by atoms with van der Waals surface area (Å²) in [6.07, 6.45) is 4.46. The Morgan fingerprint density at radius 1 is 1.00 bits per heavy atom. The molecule has 0 saturated heterocycles. The predicted octanol–water partition coefficient (Wildman–Crippen LogP) is 5.87. The number of carbonyl (C=O) groups excluding carboxylic acids is 2. The monoisotopic (exact) mass is 489 g/mol. The fourth-order valence-electron chi connectivity index (χ4n) is 4.89. The molecule has 1 saturated carbocycles.